The minimum absolute atomic E-state index is 0.0164. The number of fused-ring (bicyclic) bond motifs is 1. The van der Waals surface area contributed by atoms with Crippen LogP contribution in [0.5, 0.6) is 5.75 Å². The zero-order valence-corrected chi connectivity index (χ0v) is 10.5. The lowest BCUT2D eigenvalue weighted by Gasteiger charge is -2.13. The largest absolute Gasteiger partial charge is 0.508 e. The number of nitrogens with zero attached hydrogens (tertiary/aromatic N) is 1. The van der Waals surface area contributed by atoms with Gasteiger partial charge in [0.1, 0.15) is 5.75 Å². The SMILES string of the molecule is CCCCCCN1C(=O)c2ccc(O)cc2C1=O. The number of hydrogen-bond donors (Lipinski definition) is 1. The minimum Gasteiger partial charge on any atom is -0.508 e. The molecule has 0 spiro atoms. The number of carbonyl (C=O) groups excluding carboxylic acids is 2. The van der Waals surface area contributed by atoms with E-state index < -0.39 is 0 Å². The number of hydrogen-bond acceptors (Lipinski definition) is 3. The lowest BCUT2D eigenvalue weighted by atomic mass is 10.1. The van der Waals surface area contributed by atoms with Crippen LogP contribution in [0.4, 0.5) is 0 Å². The summed E-state index contributed by atoms with van der Waals surface area (Å²) >= 11 is 0. The predicted octanol–water partition coefficient (Wildman–Crippen LogP) is 2.57. The topological polar surface area (TPSA) is 57.6 Å². The highest BCUT2D eigenvalue weighted by Crippen LogP contribution is 2.26. The van der Waals surface area contributed by atoms with Gasteiger partial charge in [-0.1, -0.05) is 26.2 Å². The van der Waals surface area contributed by atoms with Crippen molar-refractivity contribution in [2.75, 3.05) is 6.54 Å². The van der Waals surface area contributed by atoms with Gasteiger partial charge in [-0.15, -0.1) is 0 Å². The second kappa shape index (κ2) is 5.21. The number of imide groups is 1. The fourth-order valence-electron chi connectivity index (χ4n) is 2.18. The first kappa shape index (κ1) is 12.6. The summed E-state index contributed by atoms with van der Waals surface area (Å²) in [5.41, 5.74) is 0.712. The number of carbonyl (C=O) groups is 2. The average Bonchev–Trinajstić information content (AvgIpc) is 2.59. The Morgan fingerprint density at radius 2 is 1.78 bits per heavy atom. The molecule has 2 rings (SSSR count). The fraction of sp³-hybridized carbons (Fsp3) is 0.429. The predicted molar refractivity (Wildman–Crippen MR) is 67.6 cm³/mol. The van der Waals surface area contributed by atoms with E-state index >= 15 is 0 Å². The standard InChI is InChI=1S/C14H17NO3/c1-2-3-4-5-8-15-13(17)11-7-6-10(16)9-12(11)14(15)18/h6-7,9,16H,2-5,8H2,1H3. The summed E-state index contributed by atoms with van der Waals surface area (Å²) in [4.78, 5) is 25.3. The quantitative estimate of drug-likeness (QED) is 0.642. The van der Waals surface area contributed by atoms with Crippen molar-refractivity contribution in [1.29, 1.82) is 0 Å². The van der Waals surface area contributed by atoms with E-state index in [2.05, 4.69) is 6.92 Å². The normalized spacial score (nSPS) is 14.2. The minimum atomic E-state index is -0.289. The summed E-state index contributed by atoms with van der Waals surface area (Å²) in [6.07, 6.45) is 4.10. The van der Waals surface area contributed by atoms with Crippen molar-refractivity contribution >= 4 is 11.8 Å². The van der Waals surface area contributed by atoms with Gasteiger partial charge in [-0.25, -0.2) is 0 Å². The maximum atomic E-state index is 12.0. The number of phenols is 1. The molecule has 1 N–H and O–H groups in total. The van der Waals surface area contributed by atoms with Crippen LogP contribution in [-0.4, -0.2) is 28.4 Å². The van der Waals surface area contributed by atoms with Gasteiger partial charge in [0.25, 0.3) is 11.8 Å². The maximum absolute atomic E-state index is 12.0. The molecule has 2 amide bonds. The van der Waals surface area contributed by atoms with Gasteiger partial charge in [0.15, 0.2) is 0 Å². The molecule has 0 atom stereocenters. The monoisotopic (exact) mass is 247 g/mol. The molecule has 0 bridgehead atoms. The zero-order valence-electron chi connectivity index (χ0n) is 10.5. The van der Waals surface area contributed by atoms with Crippen molar-refractivity contribution in [2.45, 2.75) is 32.6 Å². The molecule has 4 nitrogen and oxygen atoms in total. The fourth-order valence-corrected chi connectivity index (χ4v) is 2.18. The summed E-state index contributed by atoms with van der Waals surface area (Å²) in [5.74, 6) is -0.517. The third-order valence-electron chi connectivity index (χ3n) is 3.19. The summed E-state index contributed by atoms with van der Waals surface area (Å²) in [6, 6.07) is 4.31. The highest BCUT2D eigenvalue weighted by molar-refractivity contribution is 6.21. The van der Waals surface area contributed by atoms with Crippen LogP contribution in [0.2, 0.25) is 0 Å². The van der Waals surface area contributed by atoms with Crippen LogP contribution in [0, 0.1) is 0 Å². The van der Waals surface area contributed by atoms with E-state index in [-0.39, 0.29) is 17.6 Å². The third kappa shape index (κ3) is 2.23. The Kier molecular flexibility index (Phi) is 3.65. The molecule has 1 heterocycles. The average molecular weight is 247 g/mol. The van der Waals surface area contributed by atoms with Crippen molar-refractivity contribution in [1.82, 2.24) is 4.90 Å². The number of benzene rings is 1. The van der Waals surface area contributed by atoms with Gasteiger partial charge < -0.3 is 5.11 Å². The summed E-state index contributed by atoms with van der Waals surface area (Å²) in [6.45, 7) is 2.58. The van der Waals surface area contributed by atoms with Crippen LogP contribution in [0.1, 0.15) is 53.3 Å². The Hall–Kier alpha value is -1.84. The highest BCUT2D eigenvalue weighted by atomic mass is 16.3. The van der Waals surface area contributed by atoms with Crippen molar-refractivity contribution < 1.29 is 14.7 Å². The smallest absolute Gasteiger partial charge is 0.261 e. The first-order valence-electron chi connectivity index (χ1n) is 6.34. The lowest BCUT2D eigenvalue weighted by molar-refractivity contribution is 0.0651. The van der Waals surface area contributed by atoms with E-state index in [1.54, 1.807) is 0 Å². The number of amides is 2. The number of phenolic OH excluding ortho intramolecular Hbond substituents is 1. The molecule has 0 aliphatic carbocycles. The molecule has 96 valence electrons. The summed E-state index contributed by atoms with van der Waals surface area (Å²) in [7, 11) is 0. The van der Waals surface area contributed by atoms with Gasteiger partial charge in [0.05, 0.1) is 11.1 Å². The molecule has 1 aliphatic heterocycles. The van der Waals surface area contributed by atoms with E-state index in [1.807, 2.05) is 0 Å². The number of rotatable bonds is 5. The highest BCUT2D eigenvalue weighted by Gasteiger charge is 2.35. The second-order valence-corrected chi connectivity index (χ2v) is 4.55. The summed E-state index contributed by atoms with van der Waals surface area (Å²) in [5, 5.41) is 9.35. The molecule has 0 radical (unpaired) electrons. The van der Waals surface area contributed by atoms with Gasteiger partial charge in [0.2, 0.25) is 0 Å². The van der Waals surface area contributed by atoms with Crippen LogP contribution in [0.3, 0.4) is 0 Å². The molecule has 0 saturated heterocycles. The molecule has 18 heavy (non-hydrogen) atoms. The van der Waals surface area contributed by atoms with Gasteiger partial charge in [-0.05, 0) is 24.6 Å². The van der Waals surface area contributed by atoms with Crippen molar-refractivity contribution in [2.24, 2.45) is 0 Å². The Morgan fingerprint density at radius 3 is 2.50 bits per heavy atom. The molecule has 0 aromatic heterocycles. The van der Waals surface area contributed by atoms with Crippen LogP contribution >= 0.6 is 0 Å². The first-order valence-corrected chi connectivity index (χ1v) is 6.34. The van der Waals surface area contributed by atoms with E-state index in [9.17, 15) is 14.7 Å². The lowest BCUT2D eigenvalue weighted by Crippen LogP contribution is -2.30. The Labute approximate surface area is 106 Å². The third-order valence-corrected chi connectivity index (χ3v) is 3.19. The molecule has 0 unspecified atom stereocenters. The Balaban J connectivity index is 2.08. The maximum Gasteiger partial charge on any atom is 0.261 e. The molecule has 0 saturated carbocycles. The van der Waals surface area contributed by atoms with Crippen molar-refractivity contribution in [3.63, 3.8) is 0 Å². The van der Waals surface area contributed by atoms with Gasteiger partial charge in [0, 0.05) is 6.54 Å². The van der Waals surface area contributed by atoms with E-state index in [4.69, 9.17) is 0 Å². The Morgan fingerprint density at radius 1 is 1.06 bits per heavy atom. The molecular formula is C14H17NO3. The van der Waals surface area contributed by atoms with Gasteiger partial charge >= 0.3 is 0 Å². The zero-order chi connectivity index (χ0) is 13.1. The van der Waals surface area contributed by atoms with E-state index in [0.717, 1.165) is 25.7 Å². The summed E-state index contributed by atoms with van der Waals surface area (Å²) < 4.78 is 0. The second-order valence-electron chi connectivity index (χ2n) is 4.55. The Bertz CT molecular complexity index is 482. The molecular weight excluding hydrogens is 230 g/mol. The molecule has 0 fully saturated rings. The van der Waals surface area contributed by atoms with Crippen LogP contribution in [0.25, 0.3) is 0 Å². The van der Waals surface area contributed by atoms with Crippen LogP contribution < -0.4 is 0 Å². The van der Waals surface area contributed by atoms with Crippen molar-refractivity contribution in [3.05, 3.63) is 29.3 Å². The van der Waals surface area contributed by atoms with E-state index in [0.29, 0.717) is 17.7 Å². The molecule has 1 aliphatic rings. The van der Waals surface area contributed by atoms with Gasteiger partial charge in [-0.2, -0.15) is 0 Å². The molecule has 4 heteroatoms. The molecule has 1 aromatic rings. The van der Waals surface area contributed by atoms with Gasteiger partial charge in [-0.3, -0.25) is 14.5 Å². The van der Waals surface area contributed by atoms with Crippen LogP contribution in [-0.2, 0) is 0 Å². The van der Waals surface area contributed by atoms with Crippen molar-refractivity contribution in [3.8, 4) is 5.75 Å². The number of unbranched alkanes of at least 4 members (excludes halogenated alkanes) is 3. The van der Waals surface area contributed by atoms with E-state index in [1.165, 1.54) is 23.1 Å². The van der Waals surface area contributed by atoms with Crippen LogP contribution in [0.15, 0.2) is 18.2 Å². The molecule has 1 aromatic carbocycles. The first-order chi connectivity index (χ1) is 8.65. The number of aromatic hydroxyl groups is 1.